The predicted octanol–water partition coefficient (Wildman–Crippen LogP) is 1.44. The van der Waals surface area contributed by atoms with Crippen molar-refractivity contribution in [2.75, 3.05) is 18.5 Å². The molecule has 0 spiro atoms. The van der Waals surface area contributed by atoms with Gasteiger partial charge in [-0.3, -0.25) is 14.9 Å². The highest BCUT2D eigenvalue weighted by atomic mass is 16.6. The highest BCUT2D eigenvalue weighted by Gasteiger charge is 2.19. The number of para-hydroxylation sites is 1. The van der Waals surface area contributed by atoms with Gasteiger partial charge in [0, 0.05) is 0 Å². The summed E-state index contributed by atoms with van der Waals surface area (Å²) in [5.74, 6) is -0.519. The van der Waals surface area contributed by atoms with E-state index in [4.69, 9.17) is 5.26 Å². The highest BCUT2D eigenvalue weighted by Crippen LogP contribution is 2.27. The number of rotatable bonds is 5. The summed E-state index contributed by atoms with van der Waals surface area (Å²) in [4.78, 5) is 21.3. The minimum absolute atomic E-state index is 0.0612. The Morgan fingerprint density at radius 3 is 2.89 bits per heavy atom. The van der Waals surface area contributed by atoms with Crippen LogP contribution in [0.5, 0.6) is 0 Å². The van der Waals surface area contributed by atoms with Crippen molar-refractivity contribution in [1.82, 2.24) is 0 Å². The van der Waals surface area contributed by atoms with Crippen molar-refractivity contribution in [3.05, 3.63) is 33.9 Å². The van der Waals surface area contributed by atoms with Crippen molar-refractivity contribution >= 4 is 17.3 Å². The average Bonchev–Trinajstić information content (AvgIpc) is 2.35. The van der Waals surface area contributed by atoms with Gasteiger partial charge in [0.05, 0.1) is 11.5 Å². The Bertz CT molecular complexity index is 508. The van der Waals surface area contributed by atoms with Crippen molar-refractivity contribution in [3.63, 3.8) is 0 Å². The molecule has 94 valence electrons. The Morgan fingerprint density at radius 2 is 2.33 bits per heavy atom. The summed E-state index contributed by atoms with van der Waals surface area (Å²) in [6.07, 6.45) is 0. The second kappa shape index (κ2) is 6.20. The minimum atomic E-state index is -0.661. The van der Waals surface area contributed by atoms with E-state index in [0.29, 0.717) is 0 Å². The molecule has 7 nitrogen and oxygen atoms in total. The van der Waals surface area contributed by atoms with Crippen molar-refractivity contribution in [1.29, 1.82) is 5.26 Å². The van der Waals surface area contributed by atoms with Crippen LogP contribution in [-0.4, -0.2) is 24.0 Å². The zero-order valence-electron chi connectivity index (χ0n) is 9.67. The standard InChI is InChI=1S/C11H11N3O4/c1-2-18-10(15)7-13-9-5-3-4-8(6-12)11(9)14(16)17/h3-5,13H,2,7H2,1H3. The van der Waals surface area contributed by atoms with E-state index in [1.54, 1.807) is 13.0 Å². The predicted molar refractivity (Wildman–Crippen MR) is 62.9 cm³/mol. The molecule has 0 saturated heterocycles. The first-order valence-electron chi connectivity index (χ1n) is 5.17. The van der Waals surface area contributed by atoms with Gasteiger partial charge < -0.3 is 10.1 Å². The Kier molecular flexibility index (Phi) is 4.63. The summed E-state index contributed by atoms with van der Waals surface area (Å²) in [6.45, 7) is 1.71. The molecule has 0 fully saturated rings. The molecular formula is C11H11N3O4. The van der Waals surface area contributed by atoms with Crippen LogP contribution in [0.4, 0.5) is 11.4 Å². The van der Waals surface area contributed by atoms with Crippen LogP contribution < -0.4 is 5.32 Å². The number of hydrogen-bond donors (Lipinski definition) is 1. The van der Waals surface area contributed by atoms with Gasteiger partial charge in [-0.15, -0.1) is 0 Å². The smallest absolute Gasteiger partial charge is 0.325 e. The summed E-state index contributed by atoms with van der Waals surface area (Å²) in [5, 5.41) is 22.2. The lowest BCUT2D eigenvalue weighted by atomic mass is 10.1. The van der Waals surface area contributed by atoms with Gasteiger partial charge in [-0.2, -0.15) is 5.26 Å². The van der Waals surface area contributed by atoms with Gasteiger partial charge >= 0.3 is 11.7 Å². The first-order chi connectivity index (χ1) is 8.60. The van der Waals surface area contributed by atoms with E-state index in [2.05, 4.69) is 10.1 Å². The van der Waals surface area contributed by atoms with Crippen LogP contribution in [0.25, 0.3) is 0 Å². The lowest BCUT2D eigenvalue weighted by molar-refractivity contribution is -0.384. The minimum Gasteiger partial charge on any atom is -0.465 e. The number of nitrogens with zero attached hydrogens (tertiary/aromatic N) is 2. The number of carbonyl (C=O) groups is 1. The number of anilines is 1. The van der Waals surface area contributed by atoms with Crippen LogP contribution in [-0.2, 0) is 9.53 Å². The van der Waals surface area contributed by atoms with E-state index in [9.17, 15) is 14.9 Å². The first kappa shape index (κ1) is 13.4. The number of hydrogen-bond acceptors (Lipinski definition) is 6. The van der Waals surface area contributed by atoms with Gasteiger partial charge in [0.25, 0.3) is 0 Å². The summed E-state index contributed by atoms with van der Waals surface area (Å²) >= 11 is 0. The van der Waals surface area contributed by atoms with Crippen LogP contribution in [0.15, 0.2) is 18.2 Å². The topological polar surface area (TPSA) is 105 Å². The Labute approximate surface area is 103 Å². The largest absolute Gasteiger partial charge is 0.465 e. The van der Waals surface area contributed by atoms with Crippen LogP contribution in [0.2, 0.25) is 0 Å². The zero-order valence-corrected chi connectivity index (χ0v) is 9.67. The molecule has 0 aromatic heterocycles. The third-order valence-electron chi connectivity index (χ3n) is 2.07. The number of esters is 1. The van der Waals surface area contributed by atoms with E-state index < -0.39 is 10.9 Å². The molecule has 0 aliphatic rings. The SMILES string of the molecule is CCOC(=O)CNc1cccc(C#N)c1[N+](=O)[O-]. The molecule has 1 aromatic rings. The van der Waals surface area contributed by atoms with Crippen LogP contribution in [0, 0.1) is 21.4 Å². The molecule has 0 radical (unpaired) electrons. The molecule has 0 unspecified atom stereocenters. The van der Waals surface area contributed by atoms with Crippen LogP contribution in [0.3, 0.4) is 0 Å². The fraction of sp³-hybridized carbons (Fsp3) is 0.273. The second-order valence-corrected chi connectivity index (χ2v) is 3.23. The van der Waals surface area contributed by atoms with Crippen molar-refractivity contribution in [3.8, 4) is 6.07 Å². The lowest BCUT2D eigenvalue weighted by Gasteiger charge is -2.07. The number of benzene rings is 1. The molecule has 1 aromatic carbocycles. The molecule has 18 heavy (non-hydrogen) atoms. The molecule has 0 bridgehead atoms. The third-order valence-corrected chi connectivity index (χ3v) is 2.07. The Morgan fingerprint density at radius 1 is 1.61 bits per heavy atom. The van der Waals surface area contributed by atoms with E-state index >= 15 is 0 Å². The fourth-order valence-electron chi connectivity index (χ4n) is 1.35. The molecule has 0 aliphatic carbocycles. The number of nitro benzene ring substituents is 1. The summed E-state index contributed by atoms with van der Waals surface area (Å²) in [7, 11) is 0. The number of nitro groups is 1. The zero-order chi connectivity index (χ0) is 13.5. The molecule has 1 N–H and O–H groups in total. The van der Waals surface area contributed by atoms with Gasteiger partial charge in [0.1, 0.15) is 23.9 Å². The molecule has 7 heteroatoms. The maximum Gasteiger partial charge on any atom is 0.325 e. The molecule has 1 rings (SSSR count). The summed E-state index contributed by atoms with van der Waals surface area (Å²) in [5.41, 5.74) is -0.287. The fourth-order valence-corrected chi connectivity index (χ4v) is 1.35. The van der Waals surface area contributed by atoms with E-state index in [1.807, 2.05) is 0 Å². The maximum absolute atomic E-state index is 11.1. The van der Waals surface area contributed by atoms with Crippen LogP contribution in [0.1, 0.15) is 12.5 Å². The van der Waals surface area contributed by atoms with Crippen LogP contribution >= 0.6 is 0 Å². The van der Waals surface area contributed by atoms with Crippen molar-refractivity contribution in [2.24, 2.45) is 0 Å². The number of ether oxygens (including phenoxy) is 1. The van der Waals surface area contributed by atoms with Gasteiger partial charge in [0.15, 0.2) is 0 Å². The summed E-state index contributed by atoms with van der Waals surface area (Å²) in [6, 6.07) is 6.00. The third kappa shape index (κ3) is 3.18. The number of nitrogens with one attached hydrogen (secondary N) is 1. The van der Waals surface area contributed by atoms with E-state index in [0.717, 1.165) is 0 Å². The highest BCUT2D eigenvalue weighted by molar-refractivity contribution is 5.77. The Balaban J connectivity index is 2.92. The second-order valence-electron chi connectivity index (χ2n) is 3.23. The summed E-state index contributed by atoms with van der Waals surface area (Å²) < 4.78 is 4.68. The van der Waals surface area contributed by atoms with Gasteiger partial charge in [-0.05, 0) is 19.1 Å². The molecule has 0 amide bonds. The molecule has 0 saturated carbocycles. The van der Waals surface area contributed by atoms with Gasteiger partial charge in [-0.1, -0.05) is 6.07 Å². The molecule has 0 aliphatic heterocycles. The number of carbonyl (C=O) groups excluding carboxylic acids is 1. The first-order valence-corrected chi connectivity index (χ1v) is 5.17. The van der Waals surface area contributed by atoms with Crippen molar-refractivity contribution < 1.29 is 14.5 Å². The van der Waals surface area contributed by atoms with E-state index in [-0.39, 0.29) is 30.1 Å². The van der Waals surface area contributed by atoms with E-state index in [1.165, 1.54) is 18.2 Å². The monoisotopic (exact) mass is 249 g/mol. The molecule has 0 atom stereocenters. The maximum atomic E-state index is 11.1. The molecular weight excluding hydrogens is 238 g/mol. The Hall–Kier alpha value is -2.62. The average molecular weight is 249 g/mol. The molecule has 0 heterocycles. The number of nitriles is 1. The normalized spacial score (nSPS) is 9.33. The lowest BCUT2D eigenvalue weighted by Crippen LogP contribution is -2.17. The van der Waals surface area contributed by atoms with Crippen molar-refractivity contribution in [2.45, 2.75) is 6.92 Å². The quantitative estimate of drug-likeness (QED) is 0.481. The van der Waals surface area contributed by atoms with Gasteiger partial charge in [0.2, 0.25) is 0 Å². The van der Waals surface area contributed by atoms with Gasteiger partial charge in [-0.25, -0.2) is 0 Å².